The molecule has 16 heavy (non-hydrogen) atoms. The van der Waals surface area contributed by atoms with Crippen LogP contribution in [0, 0.1) is 11.3 Å². The van der Waals surface area contributed by atoms with Crippen molar-refractivity contribution >= 4 is 0 Å². The van der Waals surface area contributed by atoms with Crippen LogP contribution in [0.1, 0.15) is 16.7 Å². The first-order valence-electron chi connectivity index (χ1n) is 4.94. The van der Waals surface area contributed by atoms with E-state index < -0.39 is 0 Å². The lowest BCUT2D eigenvalue weighted by Crippen LogP contribution is -2.04. The molecule has 1 heterocycles. The van der Waals surface area contributed by atoms with Crippen LogP contribution in [0.4, 0.5) is 0 Å². The van der Waals surface area contributed by atoms with Gasteiger partial charge in [-0.2, -0.15) is 5.26 Å². The molecule has 0 bridgehead atoms. The summed E-state index contributed by atoms with van der Waals surface area (Å²) in [5, 5.41) is 8.66. The number of aromatic nitrogens is 1. The van der Waals surface area contributed by atoms with Gasteiger partial charge < -0.3 is 4.98 Å². The molecule has 0 unspecified atom stereocenters. The Bertz CT molecular complexity index is 576. The van der Waals surface area contributed by atoms with Gasteiger partial charge in [0.25, 0.3) is 0 Å². The Morgan fingerprint density at radius 2 is 1.88 bits per heavy atom. The van der Waals surface area contributed by atoms with Crippen LogP contribution in [0.3, 0.4) is 0 Å². The summed E-state index contributed by atoms with van der Waals surface area (Å²) in [5.74, 6) is 0. The highest BCUT2D eigenvalue weighted by atomic mass is 16.1. The van der Waals surface area contributed by atoms with Crippen molar-refractivity contribution in [1.82, 2.24) is 4.98 Å². The summed E-state index contributed by atoms with van der Waals surface area (Å²) in [6.07, 6.45) is 2.34. The number of hydrogen-bond acceptors (Lipinski definition) is 2. The van der Waals surface area contributed by atoms with Gasteiger partial charge in [0.05, 0.1) is 11.6 Å². The van der Waals surface area contributed by atoms with E-state index in [1.165, 1.54) is 0 Å². The van der Waals surface area contributed by atoms with Crippen LogP contribution in [0.5, 0.6) is 0 Å². The number of rotatable bonds is 2. The van der Waals surface area contributed by atoms with Crippen molar-refractivity contribution in [1.29, 1.82) is 5.26 Å². The molecule has 3 nitrogen and oxygen atoms in total. The maximum atomic E-state index is 11.1. The fourth-order valence-corrected chi connectivity index (χ4v) is 1.53. The molecule has 78 valence electrons. The van der Waals surface area contributed by atoms with Gasteiger partial charge in [-0.25, -0.2) is 0 Å². The molecule has 0 saturated heterocycles. The van der Waals surface area contributed by atoms with Crippen LogP contribution >= 0.6 is 0 Å². The number of aromatic amines is 1. The smallest absolute Gasteiger partial charge is 0.248 e. The topological polar surface area (TPSA) is 56.6 Å². The lowest BCUT2D eigenvalue weighted by molar-refractivity contribution is 1.13. The lowest BCUT2D eigenvalue weighted by Gasteiger charge is -2.00. The van der Waals surface area contributed by atoms with Crippen LogP contribution in [0.2, 0.25) is 0 Å². The number of nitrogens with one attached hydrogen (secondary N) is 1. The number of H-pyrrole nitrogens is 1. The minimum absolute atomic E-state index is 0.0915. The fourth-order valence-electron chi connectivity index (χ4n) is 1.53. The second kappa shape index (κ2) is 4.45. The standard InChI is InChI=1S/C13H10N2O/c14-9-11-3-1-10(2-4-11)7-12-5-6-15-13(16)8-12/h1-6,8H,7H2,(H,15,16). The van der Waals surface area contributed by atoms with Crippen molar-refractivity contribution in [2.75, 3.05) is 0 Å². The maximum absolute atomic E-state index is 11.1. The second-order valence-corrected chi connectivity index (χ2v) is 3.55. The monoisotopic (exact) mass is 210 g/mol. The third-order valence-corrected chi connectivity index (χ3v) is 2.33. The van der Waals surface area contributed by atoms with Gasteiger partial charge in [0.1, 0.15) is 0 Å². The second-order valence-electron chi connectivity index (χ2n) is 3.55. The molecule has 0 atom stereocenters. The van der Waals surface area contributed by atoms with E-state index in [0.717, 1.165) is 11.1 Å². The van der Waals surface area contributed by atoms with E-state index in [2.05, 4.69) is 11.1 Å². The molecule has 0 fully saturated rings. The van der Waals surface area contributed by atoms with Gasteiger partial charge in [0, 0.05) is 12.3 Å². The summed E-state index contributed by atoms with van der Waals surface area (Å²) >= 11 is 0. The number of pyridine rings is 1. The average Bonchev–Trinajstić information content (AvgIpc) is 2.30. The predicted octanol–water partition coefficient (Wildman–Crippen LogP) is 1.84. The number of benzene rings is 1. The molecular weight excluding hydrogens is 200 g/mol. The maximum Gasteiger partial charge on any atom is 0.248 e. The van der Waals surface area contributed by atoms with E-state index in [0.29, 0.717) is 12.0 Å². The van der Waals surface area contributed by atoms with Crippen molar-refractivity contribution in [2.24, 2.45) is 0 Å². The van der Waals surface area contributed by atoms with E-state index >= 15 is 0 Å². The molecule has 0 spiro atoms. The molecular formula is C13H10N2O. The van der Waals surface area contributed by atoms with Crippen LogP contribution in [0.25, 0.3) is 0 Å². The third-order valence-electron chi connectivity index (χ3n) is 2.33. The number of nitriles is 1. The highest BCUT2D eigenvalue weighted by Gasteiger charge is 1.97. The van der Waals surface area contributed by atoms with Gasteiger partial charge in [0.15, 0.2) is 0 Å². The summed E-state index contributed by atoms with van der Waals surface area (Å²) < 4.78 is 0. The Morgan fingerprint density at radius 3 is 2.50 bits per heavy atom. The summed E-state index contributed by atoms with van der Waals surface area (Å²) in [5.41, 5.74) is 2.61. The van der Waals surface area contributed by atoms with E-state index in [9.17, 15) is 4.79 Å². The Hall–Kier alpha value is -2.34. The molecule has 0 aliphatic carbocycles. The molecule has 1 aromatic heterocycles. The lowest BCUT2D eigenvalue weighted by atomic mass is 10.0. The normalized spacial score (nSPS) is 9.69. The summed E-state index contributed by atoms with van der Waals surface area (Å²) in [6.45, 7) is 0. The molecule has 0 radical (unpaired) electrons. The van der Waals surface area contributed by atoms with Gasteiger partial charge in [-0.3, -0.25) is 4.79 Å². The fraction of sp³-hybridized carbons (Fsp3) is 0.0769. The molecule has 2 rings (SSSR count). The summed E-state index contributed by atoms with van der Waals surface area (Å²) in [7, 11) is 0. The Labute approximate surface area is 93.0 Å². The van der Waals surface area contributed by atoms with Crippen LogP contribution in [-0.4, -0.2) is 4.98 Å². The number of hydrogen-bond donors (Lipinski definition) is 1. The summed E-state index contributed by atoms with van der Waals surface area (Å²) in [4.78, 5) is 13.7. The largest absolute Gasteiger partial charge is 0.329 e. The molecule has 0 amide bonds. The van der Waals surface area contributed by atoms with Crippen molar-refractivity contribution < 1.29 is 0 Å². The van der Waals surface area contributed by atoms with Gasteiger partial charge in [-0.1, -0.05) is 12.1 Å². The highest BCUT2D eigenvalue weighted by Crippen LogP contribution is 2.08. The Balaban J connectivity index is 2.21. The van der Waals surface area contributed by atoms with Crippen molar-refractivity contribution in [3.05, 3.63) is 69.6 Å². The zero-order valence-electron chi connectivity index (χ0n) is 8.60. The predicted molar refractivity (Wildman–Crippen MR) is 61.0 cm³/mol. The molecule has 1 N–H and O–H groups in total. The molecule has 0 aliphatic heterocycles. The van der Waals surface area contributed by atoms with Crippen LogP contribution in [0.15, 0.2) is 47.4 Å². The van der Waals surface area contributed by atoms with Gasteiger partial charge in [0.2, 0.25) is 5.56 Å². The molecule has 0 aliphatic rings. The average molecular weight is 210 g/mol. The molecule has 1 aromatic carbocycles. The molecule has 0 saturated carbocycles. The molecule has 2 aromatic rings. The highest BCUT2D eigenvalue weighted by molar-refractivity contribution is 5.33. The van der Waals surface area contributed by atoms with E-state index in [-0.39, 0.29) is 5.56 Å². The summed E-state index contributed by atoms with van der Waals surface area (Å²) in [6, 6.07) is 12.9. The quantitative estimate of drug-likeness (QED) is 0.822. The van der Waals surface area contributed by atoms with Crippen molar-refractivity contribution in [3.8, 4) is 6.07 Å². The van der Waals surface area contributed by atoms with Crippen LogP contribution in [-0.2, 0) is 6.42 Å². The first kappa shape index (κ1) is 10.2. The zero-order valence-corrected chi connectivity index (χ0v) is 8.60. The van der Waals surface area contributed by atoms with Gasteiger partial charge in [-0.05, 0) is 35.7 Å². The van der Waals surface area contributed by atoms with E-state index in [1.807, 2.05) is 18.2 Å². The van der Waals surface area contributed by atoms with Gasteiger partial charge in [-0.15, -0.1) is 0 Å². The minimum Gasteiger partial charge on any atom is -0.329 e. The van der Waals surface area contributed by atoms with Crippen molar-refractivity contribution in [2.45, 2.75) is 6.42 Å². The SMILES string of the molecule is N#Cc1ccc(Cc2cc[nH]c(=O)c2)cc1. The minimum atomic E-state index is -0.0915. The Morgan fingerprint density at radius 1 is 1.12 bits per heavy atom. The first-order valence-corrected chi connectivity index (χ1v) is 4.94. The Kier molecular flexibility index (Phi) is 2.84. The number of nitrogens with zero attached hydrogens (tertiary/aromatic N) is 1. The molecule has 3 heteroatoms. The third kappa shape index (κ3) is 2.37. The van der Waals surface area contributed by atoms with E-state index in [4.69, 9.17) is 5.26 Å². The zero-order chi connectivity index (χ0) is 11.4. The van der Waals surface area contributed by atoms with Crippen LogP contribution < -0.4 is 5.56 Å². The van der Waals surface area contributed by atoms with Crippen molar-refractivity contribution in [3.63, 3.8) is 0 Å². The van der Waals surface area contributed by atoms with Gasteiger partial charge >= 0.3 is 0 Å². The van der Waals surface area contributed by atoms with E-state index in [1.54, 1.807) is 24.4 Å². The first-order chi connectivity index (χ1) is 7.78.